The third-order valence-electron chi connectivity index (χ3n) is 6.79. The number of pyridine rings is 1. The SMILES string of the molecule is O=C(NCc1cc(-c2cnc(C(F)(F)F)nc2)ncc1F)[C@@H]1C2C[C@@H](C[C@@H]2F)N1S(=O)(=O)c1ccc(F)cc1. The van der Waals surface area contributed by atoms with Crippen LogP contribution in [0.1, 0.15) is 24.2 Å². The molecule has 1 aliphatic carbocycles. The summed E-state index contributed by atoms with van der Waals surface area (Å²) in [6.45, 7) is -0.447. The third kappa shape index (κ3) is 5.07. The fraction of sp³-hybridized carbons (Fsp3) is 0.333. The van der Waals surface area contributed by atoms with Crippen molar-refractivity contribution in [2.24, 2.45) is 5.92 Å². The van der Waals surface area contributed by atoms with Crippen molar-refractivity contribution in [2.75, 3.05) is 0 Å². The number of sulfonamides is 1. The molecule has 206 valence electrons. The second-order valence-electron chi connectivity index (χ2n) is 9.21. The van der Waals surface area contributed by atoms with E-state index in [0.29, 0.717) is 0 Å². The maximum atomic E-state index is 14.6. The summed E-state index contributed by atoms with van der Waals surface area (Å²) in [4.78, 5) is 23.2. The van der Waals surface area contributed by atoms with Gasteiger partial charge < -0.3 is 5.32 Å². The molecular weight excluding hydrogens is 552 g/mol. The van der Waals surface area contributed by atoms with Crippen LogP contribution in [0.3, 0.4) is 0 Å². The molecule has 1 unspecified atom stereocenters. The van der Waals surface area contributed by atoms with E-state index in [4.69, 9.17) is 0 Å². The highest BCUT2D eigenvalue weighted by Gasteiger charge is 2.58. The molecule has 0 radical (unpaired) electrons. The highest BCUT2D eigenvalue weighted by Crippen LogP contribution is 2.47. The number of hydrogen-bond acceptors (Lipinski definition) is 6. The molecule has 15 heteroatoms. The van der Waals surface area contributed by atoms with Gasteiger partial charge in [-0.15, -0.1) is 0 Å². The largest absolute Gasteiger partial charge is 0.451 e. The molecule has 1 saturated carbocycles. The Hall–Kier alpha value is -3.59. The number of carbonyl (C=O) groups is 1. The number of carbonyl (C=O) groups excluding carboxylic acids is 1. The molecule has 2 bridgehead atoms. The Labute approximate surface area is 218 Å². The molecule has 39 heavy (non-hydrogen) atoms. The van der Waals surface area contributed by atoms with Crippen molar-refractivity contribution in [3.8, 4) is 11.3 Å². The summed E-state index contributed by atoms with van der Waals surface area (Å²) >= 11 is 0. The van der Waals surface area contributed by atoms with Gasteiger partial charge in [0.2, 0.25) is 21.8 Å². The summed E-state index contributed by atoms with van der Waals surface area (Å²) in [5.74, 6) is -4.65. The lowest BCUT2D eigenvalue weighted by molar-refractivity contribution is -0.145. The van der Waals surface area contributed by atoms with Gasteiger partial charge in [0.05, 0.1) is 16.8 Å². The fourth-order valence-corrected chi connectivity index (χ4v) is 6.83. The first-order chi connectivity index (χ1) is 18.4. The monoisotopic (exact) mass is 571 g/mol. The van der Waals surface area contributed by atoms with Crippen LogP contribution in [-0.2, 0) is 27.5 Å². The van der Waals surface area contributed by atoms with Crippen LogP contribution in [0.2, 0.25) is 0 Å². The minimum absolute atomic E-state index is 0.0265. The van der Waals surface area contributed by atoms with Crippen LogP contribution in [-0.4, -0.2) is 51.8 Å². The van der Waals surface area contributed by atoms with E-state index in [1.807, 2.05) is 0 Å². The molecule has 1 amide bonds. The summed E-state index contributed by atoms with van der Waals surface area (Å²) in [6, 6.07) is 3.00. The van der Waals surface area contributed by atoms with Crippen LogP contribution in [0.5, 0.6) is 0 Å². The summed E-state index contributed by atoms with van der Waals surface area (Å²) in [6.07, 6.45) is -3.61. The van der Waals surface area contributed by atoms with E-state index in [1.54, 1.807) is 0 Å². The van der Waals surface area contributed by atoms with E-state index < -0.39 is 70.3 Å². The molecule has 8 nitrogen and oxygen atoms in total. The normalized spacial score (nSPS) is 23.2. The topological polar surface area (TPSA) is 105 Å². The molecular formula is C24H19F6N5O3S. The van der Waals surface area contributed by atoms with Crippen LogP contribution >= 0.6 is 0 Å². The summed E-state index contributed by atoms with van der Waals surface area (Å²) in [5.41, 5.74) is -0.0275. The van der Waals surface area contributed by atoms with Gasteiger partial charge in [-0.3, -0.25) is 9.78 Å². The van der Waals surface area contributed by atoms with Gasteiger partial charge in [-0.05, 0) is 43.2 Å². The van der Waals surface area contributed by atoms with E-state index in [9.17, 15) is 39.6 Å². The molecule has 0 spiro atoms. The van der Waals surface area contributed by atoms with E-state index in [0.717, 1.165) is 47.2 Å². The molecule has 1 N–H and O–H groups in total. The van der Waals surface area contributed by atoms with E-state index in [-0.39, 0.29) is 34.6 Å². The lowest BCUT2D eigenvalue weighted by atomic mass is 9.97. The number of hydrogen-bond donors (Lipinski definition) is 1. The Balaban J connectivity index is 1.36. The quantitative estimate of drug-likeness (QED) is 0.453. The lowest BCUT2D eigenvalue weighted by Crippen LogP contribution is -2.54. The van der Waals surface area contributed by atoms with Crippen molar-refractivity contribution in [1.29, 1.82) is 0 Å². The maximum absolute atomic E-state index is 14.6. The highest BCUT2D eigenvalue weighted by atomic mass is 32.2. The molecule has 4 atom stereocenters. The number of aromatic nitrogens is 3. The van der Waals surface area contributed by atoms with Gasteiger partial charge in [0.15, 0.2) is 0 Å². The van der Waals surface area contributed by atoms with Crippen LogP contribution in [0.15, 0.2) is 53.8 Å². The molecule has 2 aromatic heterocycles. The molecule has 1 aliphatic heterocycles. The average Bonchev–Trinajstić information content (AvgIpc) is 3.45. The van der Waals surface area contributed by atoms with Crippen LogP contribution < -0.4 is 5.32 Å². The predicted molar refractivity (Wildman–Crippen MR) is 123 cm³/mol. The smallest absolute Gasteiger partial charge is 0.351 e. The number of alkyl halides is 4. The Morgan fingerprint density at radius 3 is 2.33 bits per heavy atom. The van der Waals surface area contributed by atoms with Crippen molar-refractivity contribution < 1.29 is 39.6 Å². The Bertz CT molecular complexity index is 1500. The second kappa shape index (κ2) is 9.86. The number of nitrogens with one attached hydrogen (secondary N) is 1. The second-order valence-corrected chi connectivity index (χ2v) is 11.1. The van der Waals surface area contributed by atoms with Gasteiger partial charge >= 0.3 is 6.18 Å². The zero-order valence-electron chi connectivity index (χ0n) is 19.7. The number of amides is 1. The number of rotatable bonds is 6. The van der Waals surface area contributed by atoms with Gasteiger partial charge in [0.25, 0.3) is 0 Å². The van der Waals surface area contributed by atoms with E-state index >= 15 is 0 Å². The predicted octanol–water partition coefficient (Wildman–Crippen LogP) is 3.64. The lowest BCUT2D eigenvalue weighted by Gasteiger charge is -2.34. The van der Waals surface area contributed by atoms with Crippen molar-refractivity contribution in [2.45, 2.75) is 48.7 Å². The Kier molecular flexibility index (Phi) is 6.83. The van der Waals surface area contributed by atoms with Crippen LogP contribution in [0, 0.1) is 17.6 Å². The minimum atomic E-state index is -4.75. The van der Waals surface area contributed by atoms with E-state index in [1.165, 1.54) is 6.07 Å². The number of nitrogens with zero attached hydrogens (tertiary/aromatic N) is 4. The molecule has 1 aromatic carbocycles. The van der Waals surface area contributed by atoms with Crippen molar-refractivity contribution >= 4 is 15.9 Å². The fourth-order valence-electron chi connectivity index (χ4n) is 4.99. The number of benzene rings is 1. The average molecular weight is 572 g/mol. The molecule has 2 fully saturated rings. The van der Waals surface area contributed by atoms with Crippen molar-refractivity contribution in [1.82, 2.24) is 24.6 Å². The van der Waals surface area contributed by atoms with Gasteiger partial charge in [0, 0.05) is 42.0 Å². The van der Waals surface area contributed by atoms with Crippen molar-refractivity contribution in [3.63, 3.8) is 0 Å². The first-order valence-corrected chi connectivity index (χ1v) is 13.0. The van der Waals surface area contributed by atoms with Crippen LogP contribution in [0.4, 0.5) is 26.3 Å². The first-order valence-electron chi connectivity index (χ1n) is 11.6. The number of fused-ring (bicyclic) bond motifs is 2. The molecule has 3 aromatic rings. The Morgan fingerprint density at radius 2 is 1.69 bits per heavy atom. The molecule has 3 heterocycles. The molecule has 2 aliphatic rings. The summed E-state index contributed by atoms with van der Waals surface area (Å²) in [7, 11) is -4.29. The van der Waals surface area contributed by atoms with Crippen molar-refractivity contribution in [3.05, 3.63) is 71.9 Å². The number of piperidine rings is 1. The first kappa shape index (κ1) is 27.0. The standard InChI is InChI=1S/C24H19F6N5O3S/c25-14-1-3-16(4-2-14)39(37,38)35-15-6-17(18(26)7-15)21(35)22(36)32-8-12-5-20(31-11-19(12)27)13-9-33-23(34-10-13)24(28,29)30/h1-5,9-11,15,17-18,21H,6-8H2,(H,32,36)/t15-,17?,18-,21-/m0/s1. The van der Waals surface area contributed by atoms with Gasteiger partial charge in [0.1, 0.15) is 23.8 Å². The van der Waals surface area contributed by atoms with Gasteiger partial charge in [-0.25, -0.2) is 31.6 Å². The third-order valence-corrected chi connectivity index (χ3v) is 8.74. The zero-order chi connectivity index (χ0) is 28.1. The van der Waals surface area contributed by atoms with Crippen LogP contribution in [0.25, 0.3) is 11.3 Å². The Morgan fingerprint density at radius 1 is 1.03 bits per heavy atom. The molecule has 5 rings (SSSR count). The number of halogens is 6. The summed E-state index contributed by atoms with van der Waals surface area (Å²) in [5, 5.41) is 2.44. The minimum Gasteiger partial charge on any atom is -0.351 e. The zero-order valence-corrected chi connectivity index (χ0v) is 20.6. The van der Waals surface area contributed by atoms with E-state index in [2.05, 4.69) is 20.3 Å². The van der Waals surface area contributed by atoms with Gasteiger partial charge in [-0.1, -0.05) is 0 Å². The maximum Gasteiger partial charge on any atom is 0.451 e. The highest BCUT2D eigenvalue weighted by molar-refractivity contribution is 7.89. The summed E-state index contributed by atoms with van der Waals surface area (Å²) < 4.78 is 108. The van der Waals surface area contributed by atoms with Gasteiger partial charge in [-0.2, -0.15) is 17.5 Å². The molecule has 1 saturated heterocycles.